The number of likely N-dealkylation sites (N-methyl/N-ethyl adjacent to an activating group) is 1. The van der Waals surface area contributed by atoms with Crippen LogP contribution in [0.25, 0.3) is 10.8 Å². The zero-order valence-electron chi connectivity index (χ0n) is 31.7. The fraction of sp³-hybridized carbons (Fsp3) is 0.625. The van der Waals surface area contributed by atoms with Crippen LogP contribution in [0.2, 0.25) is 0 Å². The maximum Gasteiger partial charge on any atom is 0.410 e. The van der Waals surface area contributed by atoms with E-state index in [1.165, 1.54) is 23.3 Å². The normalized spacial score (nSPS) is 24.6. The summed E-state index contributed by atoms with van der Waals surface area (Å²) < 4.78 is 11.3. The van der Waals surface area contributed by atoms with Gasteiger partial charge < -0.3 is 25.0 Å². The van der Waals surface area contributed by atoms with Gasteiger partial charge in [0, 0.05) is 23.9 Å². The van der Waals surface area contributed by atoms with E-state index in [0.29, 0.717) is 24.8 Å². The maximum absolute atomic E-state index is 14.4. The molecule has 2 aromatic carbocycles. The van der Waals surface area contributed by atoms with Crippen molar-refractivity contribution in [3.05, 3.63) is 48.0 Å². The van der Waals surface area contributed by atoms with E-state index in [0.717, 1.165) is 35.6 Å². The molecule has 11 nitrogen and oxygen atoms in total. The van der Waals surface area contributed by atoms with E-state index in [4.69, 9.17) is 9.47 Å². The zero-order chi connectivity index (χ0) is 38.1. The largest absolute Gasteiger partial charge is 0.461 e. The minimum Gasteiger partial charge on any atom is -0.461 e. The molecular weight excluding hydrogens is 775 g/mol. The lowest BCUT2D eigenvalue weighted by atomic mass is 9.85. The van der Waals surface area contributed by atoms with Crippen molar-refractivity contribution in [2.24, 2.45) is 17.3 Å². The fourth-order valence-corrected chi connectivity index (χ4v) is 8.33. The second-order valence-electron chi connectivity index (χ2n) is 16.9. The average molecular weight is 831 g/mol. The molecule has 0 radical (unpaired) electrons. The molecule has 2 aliphatic carbocycles. The third kappa shape index (κ3) is 9.57. The highest BCUT2D eigenvalue weighted by Gasteiger charge is 2.49. The Balaban J connectivity index is 1.33. The van der Waals surface area contributed by atoms with E-state index in [1.54, 1.807) is 27.7 Å². The minimum absolute atomic E-state index is 0.142. The van der Waals surface area contributed by atoms with Gasteiger partial charge >= 0.3 is 12.1 Å². The number of rotatable bonds is 10. The summed E-state index contributed by atoms with van der Waals surface area (Å²) in [5.74, 6) is -0.794. The molecule has 3 aliphatic rings. The second-order valence-corrected chi connectivity index (χ2v) is 18.5. The molecule has 2 saturated carbocycles. The van der Waals surface area contributed by atoms with E-state index >= 15 is 0 Å². The molecule has 2 N–H and O–H groups in total. The Morgan fingerprint density at radius 1 is 0.962 bits per heavy atom. The van der Waals surface area contributed by atoms with Crippen molar-refractivity contribution in [3.63, 3.8) is 0 Å². The Morgan fingerprint density at radius 3 is 2.33 bits per heavy atom. The topological polar surface area (TPSA) is 134 Å². The number of alkyl halides is 1. The van der Waals surface area contributed by atoms with E-state index in [2.05, 4.69) is 33.2 Å². The van der Waals surface area contributed by atoms with Gasteiger partial charge in [0.05, 0.1) is 0 Å². The summed E-state index contributed by atoms with van der Waals surface area (Å²) in [7, 11) is 1.48. The molecule has 12 heteroatoms. The molecular formula is C40H55IN4O7. The molecule has 4 amide bonds. The van der Waals surface area contributed by atoms with Crippen LogP contribution in [0.1, 0.15) is 86.1 Å². The first-order valence-electron chi connectivity index (χ1n) is 18.5. The third-order valence-corrected chi connectivity index (χ3v) is 11.9. The Hall–Kier alpha value is -3.42. The van der Waals surface area contributed by atoms with Gasteiger partial charge in [0.15, 0.2) is 0 Å². The molecule has 0 aromatic heterocycles. The molecule has 5 rings (SSSR count). The van der Waals surface area contributed by atoms with Crippen molar-refractivity contribution in [1.29, 1.82) is 0 Å². The average Bonchev–Trinajstić information content (AvgIpc) is 3.77. The van der Waals surface area contributed by atoms with Gasteiger partial charge in [0.25, 0.3) is 0 Å². The number of hydrogen-bond acceptors (Lipinski definition) is 7. The fourth-order valence-electron chi connectivity index (χ4n) is 7.34. The number of halogens is 1. The highest BCUT2D eigenvalue weighted by atomic mass is 127. The number of carbonyl (C=O) groups is 5. The van der Waals surface area contributed by atoms with Gasteiger partial charge in [-0.1, -0.05) is 85.8 Å². The Kier molecular flexibility index (Phi) is 12.2. The summed E-state index contributed by atoms with van der Waals surface area (Å²) in [6, 6.07) is 10.3. The van der Waals surface area contributed by atoms with Crippen molar-refractivity contribution in [2.75, 3.05) is 13.6 Å². The van der Waals surface area contributed by atoms with Crippen LogP contribution in [0.3, 0.4) is 0 Å². The molecule has 8 atom stereocenters. The maximum atomic E-state index is 14.4. The van der Waals surface area contributed by atoms with Gasteiger partial charge in [-0.15, -0.1) is 0 Å². The van der Waals surface area contributed by atoms with Crippen LogP contribution in [0.5, 0.6) is 0 Å². The standard InChI is InChI=1S/C40H55IN4O7/c1-23(44(8)38(50)52-40(5,6)7)34(46)43-33(39(2,3)4)36(48)45-19-18-29(41)32(45)35(47)42-30(37(49)51-31-15-11-14-27-22-28(27)31)21-24-16-17-25-12-9-10-13-26(25)20-24/h9-10,12-13,16-17,20,23,27-33H,11,14-15,18-19,21-22H2,1-8H3,(H,42,47)(H,43,46)/t23-,27?,28?,29?,30-,31?,32-,33+/m0/s1. The molecule has 1 aliphatic heterocycles. The van der Waals surface area contributed by atoms with Gasteiger partial charge in [-0.05, 0) is 93.4 Å². The van der Waals surface area contributed by atoms with Crippen molar-refractivity contribution in [3.8, 4) is 0 Å². The highest BCUT2D eigenvalue weighted by molar-refractivity contribution is 14.1. The molecule has 4 unspecified atom stereocenters. The van der Waals surface area contributed by atoms with Crippen LogP contribution >= 0.6 is 22.6 Å². The second kappa shape index (κ2) is 15.9. The van der Waals surface area contributed by atoms with Gasteiger partial charge in [-0.2, -0.15) is 0 Å². The molecule has 52 heavy (non-hydrogen) atoms. The number of nitrogens with zero attached hydrogens (tertiary/aromatic N) is 2. The lowest BCUT2D eigenvalue weighted by Gasteiger charge is -2.37. The Labute approximate surface area is 321 Å². The number of esters is 1. The van der Waals surface area contributed by atoms with Crippen LogP contribution < -0.4 is 10.6 Å². The van der Waals surface area contributed by atoms with Gasteiger partial charge in [0.1, 0.15) is 35.9 Å². The van der Waals surface area contributed by atoms with Crippen LogP contribution in [-0.2, 0) is 35.1 Å². The first-order chi connectivity index (χ1) is 24.3. The van der Waals surface area contributed by atoms with E-state index in [-0.39, 0.29) is 16.4 Å². The summed E-state index contributed by atoms with van der Waals surface area (Å²) in [4.78, 5) is 71.5. The lowest BCUT2D eigenvalue weighted by molar-refractivity contribution is -0.155. The van der Waals surface area contributed by atoms with Crippen LogP contribution in [0.15, 0.2) is 42.5 Å². The molecule has 0 spiro atoms. The number of fused-ring (bicyclic) bond motifs is 2. The van der Waals surface area contributed by atoms with Crippen molar-refractivity contribution in [1.82, 2.24) is 20.4 Å². The SMILES string of the molecule is C[C@@H](C(=O)N[C@H](C(=O)N1CCC(I)[C@H]1C(=O)N[C@@H](Cc1ccc2ccccc2c1)C(=O)OC1CCCC2CC21)C(C)(C)C)N(C)C(=O)OC(C)(C)C. The number of likely N-dealkylation sites (tertiary alicyclic amines) is 1. The predicted molar refractivity (Wildman–Crippen MR) is 208 cm³/mol. The first kappa shape index (κ1) is 39.8. The van der Waals surface area contributed by atoms with E-state index < -0.39 is 65.0 Å². The molecule has 0 bridgehead atoms. The van der Waals surface area contributed by atoms with Crippen LogP contribution in [0, 0.1) is 17.3 Å². The number of nitrogens with one attached hydrogen (secondary N) is 2. The molecule has 284 valence electrons. The van der Waals surface area contributed by atoms with Crippen LogP contribution in [-0.4, -0.2) is 93.0 Å². The predicted octanol–water partition coefficient (Wildman–Crippen LogP) is 5.79. The smallest absolute Gasteiger partial charge is 0.410 e. The monoisotopic (exact) mass is 830 g/mol. The third-order valence-electron chi connectivity index (χ3n) is 10.6. The zero-order valence-corrected chi connectivity index (χ0v) is 33.9. The molecule has 1 saturated heterocycles. The highest BCUT2D eigenvalue weighted by Crippen LogP contribution is 2.50. The minimum atomic E-state index is -0.998. The van der Waals surface area contributed by atoms with Gasteiger partial charge in [-0.25, -0.2) is 9.59 Å². The first-order valence-corrected chi connectivity index (χ1v) is 19.8. The van der Waals surface area contributed by atoms with E-state index in [9.17, 15) is 24.0 Å². The molecule has 1 heterocycles. The molecule has 2 aromatic rings. The van der Waals surface area contributed by atoms with Crippen molar-refractivity contribution < 1.29 is 33.4 Å². The van der Waals surface area contributed by atoms with Crippen molar-refractivity contribution >= 4 is 63.1 Å². The lowest BCUT2D eigenvalue weighted by Crippen LogP contribution is -2.61. The van der Waals surface area contributed by atoms with Gasteiger partial charge in [0.2, 0.25) is 17.7 Å². The van der Waals surface area contributed by atoms with Gasteiger partial charge in [-0.3, -0.25) is 19.3 Å². The summed E-state index contributed by atoms with van der Waals surface area (Å²) in [6.45, 7) is 12.6. The number of ether oxygens (including phenoxy) is 2. The number of carbonyl (C=O) groups excluding carboxylic acids is 5. The van der Waals surface area contributed by atoms with Crippen molar-refractivity contribution in [2.45, 2.75) is 127 Å². The Bertz CT molecular complexity index is 1670. The number of hydrogen-bond donors (Lipinski definition) is 2. The molecule has 3 fully saturated rings. The van der Waals surface area contributed by atoms with Crippen LogP contribution in [0.4, 0.5) is 4.79 Å². The summed E-state index contributed by atoms with van der Waals surface area (Å²) in [5, 5.41) is 8.01. The summed E-state index contributed by atoms with van der Waals surface area (Å²) in [6.07, 6.45) is 4.12. The number of amides is 4. The Morgan fingerprint density at radius 2 is 1.65 bits per heavy atom. The van der Waals surface area contributed by atoms with E-state index in [1.807, 2.05) is 63.2 Å². The number of benzene rings is 2. The summed E-state index contributed by atoms with van der Waals surface area (Å²) in [5.41, 5.74) is -0.585. The summed E-state index contributed by atoms with van der Waals surface area (Å²) >= 11 is 2.20. The quantitative estimate of drug-likeness (QED) is 0.176.